The van der Waals surface area contributed by atoms with E-state index in [0.29, 0.717) is 0 Å². The Kier molecular flexibility index (Phi) is 6.20. The summed E-state index contributed by atoms with van der Waals surface area (Å²) in [6.45, 7) is 2.11. The Morgan fingerprint density at radius 3 is 1.91 bits per heavy atom. The normalized spacial score (nSPS) is 10.8. The molecular weight excluding hydrogens is 482 g/mol. The van der Waals surface area contributed by atoms with Crippen LogP contribution in [0.3, 0.4) is 0 Å². The van der Waals surface area contributed by atoms with Crippen molar-refractivity contribution in [3.05, 3.63) is 131 Å². The predicted octanol–water partition coefficient (Wildman–Crippen LogP) is 9.27. The quantitative estimate of drug-likeness (QED) is 0.257. The molecule has 0 radical (unpaired) electrons. The molecule has 0 bridgehead atoms. The molecule has 0 aliphatic carbocycles. The van der Waals surface area contributed by atoms with Crippen molar-refractivity contribution in [2.45, 2.75) is 6.92 Å². The van der Waals surface area contributed by atoms with Crippen LogP contribution in [0.25, 0.3) is 22.3 Å². The number of rotatable bonds is 5. The molecule has 0 aliphatic heterocycles. The van der Waals surface area contributed by atoms with Crippen molar-refractivity contribution in [1.82, 2.24) is 0 Å². The van der Waals surface area contributed by atoms with Gasteiger partial charge in [0.1, 0.15) is 5.75 Å². The summed E-state index contributed by atoms with van der Waals surface area (Å²) >= 11 is 3.54. The number of halogens is 1. The second kappa shape index (κ2) is 9.58. The van der Waals surface area contributed by atoms with Gasteiger partial charge in [0.25, 0.3) is 0 Å². The number of para-hydroxylation sites is 1. The predicted molar refractivity (Wildman–Crippen MR) is 146 cm³/mol. The van der Waals surface area contributed by atoms with Crippen LogP contribution in [0.2, 0.25) is 0 Å². The van der Waals surface area contributed by atoms with E-state index in [4.69, 9.17) is 0 Å². The van der Waals surface area contributed by atoms with E-state index in [1.165, 1.54) is 11.1 Å². The molecule has 0 amide bonds. The van der Waals surface area contributed by atoms with E-state index in [1.807, 2.05) is 30.3 Å². The number of hydrogen-bond donors (Lipinski definition) is 1. The van der Waals surface area contributed by atoms with Gasteiger partial charge in [-0.2, -0.15) is 0 Å². The number of benzene rings is 5. The van der Waals surface area contributed by atoms with E-state index >= 15 is 0 Å². The third-order valence-corrected chi connectivity index (χ3v) is 6.54. The molecule has 5 rings (SSSR count). The summed E-state index contributed by atoms with van der Waals surface area (Å²) in [7, 11) is 0. The largest absolute Gasteiger partial charge is 0.507 e. The highest BCUT2D eigenvalue weighted by Gasteiger charge is 2.18. The third kappa shape index (κ3) is 4.35. The number of hydrogen-bond acceptors (Lipinski definition) is 2. The zero-order valence-corrected chi connectivity index (χ0v) is 20.4. The molecule has 0 heterocycles. The molecule has 0 fully saturated rings. The molecular formula is C31H24BrNO. The molecule has 0 saturated heterocycles. The lowest BCUT2D eigenvalue weighted by atomic mass is 9.97. The van der Waals surface area contributed by atoms with Gasteiger partial charge < -0.3 is 10.0 Å². The highest BCUT2D eigenvalue weighted by molar-refractivity contribution is 9.10. The summed E-state index contributed by atoms with van der Waals surface area (Å²) in [5, 5.41) is 10.6. The molecule has 0 aromatic heterocycles. The Bertz CT molecular complexity index is 1410. The highest BCUT2D eigenvalue weighted by atomic mass is 79.9. The first-order valence-electron chi connectivity index (χ1n) is 11.2. The second-order valence-electron chi connectivity index (χ2n) is 8.20. The minimum atomic E-state index is 0.266. The molecule has 0 atom stereocenters. The maximum atomic E-state index is 10.6. The summed E-state index contributed by atoms with van der Waals surface area (Å²) in [6.07, 6.45) is 0. The first kappa shape index (κ1) is 22.0. The SMILES string of the molecule is Cc1c(-c2cc(Br)ccc2O)cccc1N(c1ccccc1)c1ccc(-c2ccccc2)cc1. The number of phenols is 1. The van der Waals surface area contributed by atoms with E-state index in [-0.39, 0.29) is 5.75 Å². The maximum Gasteiger partial charge on any atom is 0.123 e. The lowest BCUT2D eigenvalue weighted by Crippen LogP contribution is -2.11. The van der Waals surface area contributed by atoms with Gasteiger partial charge in [0.2, 0.25) is 0 Å². The Morgan fingerprint density at radius 1 is 0.588 bits per heavy atom. The minimum absolute atomic E-state index is 0.266. The molecule has 0 saturated carbocycles. The summed E-state index contributed by atoms with van der Waals surface area (Å²) in [5.74, 6) is 0.266. The summed E-state index contributed by atoms with van der Waals surface area (Å²) in [5.41, 5.74) is 8.49. The maximum absolute atomic E-state index is 10.6. The molecule has 0 aliphatic rings. The highest BCUT2D eigenvalue weighted by Crippen LogP contribution is 2.42. The van der Waals surface area contributed by atoms with Gasteiger partial charge in [0.05, 0.1) is 0 Å². The Labute approximate surface area is 208 Å². The molecule has 5 aromatic carbocycles. The summed E-state index contributed by atoms with van der Waals surface area (Å²) in [4.78, 5) is 2.27. The molecule has 1 N–H and O–H groups in total. The van der Waals surface area contributed by atoms with Gasteiger partial charge in [-0.15, -0.1) is 0 Å². The summed E-state index contributed by atoms with van der Waals surface area (Å²) in [6, 6.07) is 41.2. The van der Waals surface area contributed by atoms with E-state index in [9.17, 15) is 5.11 Å². The van der Waals surface area contributed by atoms with E-state index in [0.717, 1.165) is 38.2 Å². The lowest BCUT2D eigenvalue weighted by Gasteiger charge is -2.28. The van der Waals surface area contributed by atoms with Crippen LogP contribution in [-0.2, 0) is 0 Å². The van der Waals surface area contributed by atoms with Crippen molar-refractivity contribution in [1.29, 1.82) is 0 Å². The van der Waals surface area contributed by atoms with Crippen LogP contribution in [0.4, 0.5) is 17.1 Å². The van der Waals surface area contributed by atoms with Crippen LogP contribution < -0.4 is 4.90 Å². The number of phenolic OH excluding ortho intramolecular Hbond substituents is 1. The average Bonchev–Trinajstić information content (AvgIpc) is 2.88. The second-order valence-corrected chi connectivity index (χ2v) is 9.11. The van der Waals surface area contributed by atoms with Gasteiger partial charge in [-0.05, 0) is 77.7 Å². The fourth-order valence-corrected chi connectivity index (χ4v) is 4.68. The van der Waals surface area contributed by atoms with Gasteiger partial charge in [-0.3, -0.25) is 0 Å². The standard InChI is InChI=1S/C31H24BrNO/c1-22-28(29-21-25(32)17-20-31(29)34)13-8-14-30(22)33(26-11-6-3-7-12-26)27-18-15-24(16-19-27)23-9-4-2-5-10-23/h2-21,34H,1H3. The molecule has 3 heteroatoms. The van der Waals surface area contributed by atoms with Crippen molar-refractivity contribution < 1.29 is 5.11 Å². The van der Waals surface area contributed by atoms with Crippen molar-refractivity contribution in [3.8, 4) is 28.0 Å². The van der Waals surface area contributed by atoms with Gasteiger partial charge in [-0.1, -0.05) is 88.7 Å². The first-order chi connectivity index (χ1) is 16.6. The topological polar surface area (TPSA) is 23.5 Å². The van der Waals surface area contributed by atoms with Crippen LogP contribution in [0.15, 0.2) is 126 Å². The van der Waals surface area contributed by atoms with Gasteiger partial charge >= 0.3 is 0 Å². The van der Waals surface area contributed by atoms with Gasteiger partial charge in [0, 0.05) is 27.1 Å². The monoisotopic (exact) mass is 505 g/mol. The van der Waals surface area contributed by atoms with Crippen LogP contribution in [0.5, 0.6) is 5.75 Å². The Hall–Kier alpha value is -3.82. The average molecular weight is 506 g/mol. The zero-order chi connectivity index (χ0) is 23.5. The van der Waals surface area contributed by atoms with Crippen LogP contribution in [0, 0.1) is 6.92 Å². The van der Waals surface area contributed by atoms with Crippen molar-refractivity contribution in [2.75, 3.05) is 4.90 Å². The zero-order valence-electron chi connectivity index (χ0n) is 18.8. The number of nitrogens with zero attached hydrogens (tertiary/aromatic N) is 1. The van der Waals surface area contributed by atoms with Crippen LogP contribution >= 0.6 is 15.9 Å². The summed E-state index contributed by atoms with van der Waals surface area (Å²) < 4.78 is 0.932. The molecule has 2 nitrogen and oxygen atoms in total. The number of anilines is 3. The third-order valence-electron chi connectivity index (χ3n) is 6.04. The fraction of sp³-hybridized carbons (Fsp3) is 0.0323. The molecule has 34 heavy (non-hydrogen) atoms. The van der Waals surface area contributed by atoms with Crippen molar-refractivity contribution in [3.63, 3.8) is 0 Å². The van der Waals surface area contributed by atoms with E-state index in [2.05, 4.69) is 113 Å². The Balaban J connectivity index is 1.64. The van der Waals surface area contributed by atoms with Crippen LogP contribution in [-0.4, -0.2) is 5.11 Å². The smallest absolute Gasteiger partial charge is 0.123 e. The molecule has 0 unspecified atom stereocenters. The Morgan fingerprint density at radius 2 is 1.21 bits per heavy atom. The van der Waals surface area contributed by atoms with Gasteiger partial charge in [0.15, 0.2) is 0 Å². The molecule has 0 spiro atoms. The number of aromatic hydroxyl groups is 1. The van der Waals surface area contributed by atoms with Crippen LogP contribution in [0.1, 0.15) is 5.56 Å². The fourth-order valence-electron chi connectivity index (χ4n) is 4.32. The molecule has 166 valence electrons. The lowest BCUT2D eigenvalue weighted by molar-refractivity contribution is 0.477. The van der Waals surface area contributed by atoms with E-state index < -0.39 is 0 Å². The minimum Gasteiger partial charge on any atom is -0.507 e. The first-order valence-corrected chi connectivity index (χ1v) is 12.0. The van der Waals surface area contributed by atoms with Crippen molar-refractivity contribution in [2.24, 2.45) is 0 Å². The van der Waals surface area contributed by atoms with Gasteiger partial charge in [-0.25, -0.2) is 0 Å². The van der Waals surface area contributed by atoms with Crippen molar-refractivity contribution >= 4 is 33.0 Å². The van der Waals surface area contributed by atoms with E-state index in [1.54, 1.807) is 6.07 Å². The molecule has 5 aromatic rings.